The van der Waals surface area contributed by atoms with Crippen molar-refractivity contribution < 1.29 is 36.9 Å². The van der Waals surface area contributed by atoms with E-state index in [-0.39, 0.29) is 24.5 Å². The Morgan fingerprint density at radius 1 is 0.848 bits per heavy atom. The monoisotopic (exact) mass is 470 g/mol. The van der Waals surface area contributed by atoms with Crippen LogP contribution in [0.3, 0.4) is 0 Å². The summed E-state index contributed by atoms with van der Waals surface area (Å²) in [4.78, 5) is 12.4. The zero-order valence-electron chi connectivity index (χ0n) is 18.5. The minimum absolute atomic E-state index is 0.0316. The molecule has 0 radical (unpaired) electrons. The van der Waals surface area contributed by atoms with Gasteiger partial charge in [0.2, 0.25) is 0 Å². The molecule has 0 unspecified atom stereocenters. The molecule has 0 fully saturated rings. The third kappa shape index (κ3) is 10.2. The average Bonchev–Trinajstić information content (AvgIpc) is 2.79. The molecule has 0 aliphatic rings. The minimum Gasteiger partial charge on any atom is -0.460 e. The van der Waals surface area contributed by atoms with Crippen LogP contribution in [0.1, 0.15) is 15.9 Å². The van der Waals surface area contributed by atoms with E-state index in [4.69, 9.17) is 18.9 Å². The number of benzene rings is 2. The molecule has 2 N–H and O–H groups in total. The number of alkyl halides is 3. The third-order valence-electron chi connectivity index (χ3n) is 4.32. The topological polar surface area (TPSA) is 78.1 Å². The van der Waals surface area contributed by atoms with E-state index in [1.165, 1.54) is 18.2 Å². The van der Waals surface area contributed by atoms with Crippen molar-refractivity contribution in [3.05, 3.63) is 59.7 Å². The number of halogens is 3. The van der Waals surface area contributed by atoms with Gasteiger partial charge in [0, 0.05) is 12.2 Å². The minimum atomic E-state index is -4.46. The van der Waals surface area contributed by atoms with Crippen LogP contribution in [0.5, 0.6) is 0 Å². The maximum absolute atomic E-state index is 12.9. The standard InChI is InChI=1S/C23H29F3N2O5/c1-27-9-10-30-11-12-31-13-14-32-15-16-33-22(29)20-7-2-3-8-21(20)28-19-6-4-5-18(17-19)23(24,25)26/h2-8,17,27-28H,9-16H2,1H3. The molecule has 0 heterocycles. The summed E-state index contributed by atoms with van der Waals surface area (Å²) in [5.41, 5.74) is -0.0274. The Morgan fingerprint density at radius 3 is 2.15 bits per heavy atom. The fraction of sp³-hybridized carbons (Fsp3) is 0.435. The fourth-order valence-corrected chi connectivity index (χ4v) is 2.69. The first-order valence-electron chi connectivity index (χ1n) is 10.5. The van der Waals surface area contributed by atoms with Crippen LogP contribution >= 0.6 is 0 Å². The number of hydrogen-bond acceptors (Lipinski definition) is 7. The van der Waals surface area contributed by atoms with Gasteiger partial charge in [-0.3, -0.25) is 0 Å². The van der Waals surface area contributed by atoms with Crippen molar-refractivity contribution in [2.24, 2.45) is 0 Å². The zero-order valence-corrected chi connectivity index (χ0v) is 18.5. The van der Waals surface area contributed by atoms with E-state index in [1.54, 1.807) is 18.2 Å². The number of anilines is 2. The molecule has 0 spiro atoms. The van der Waals surface area contributed by atoms with Crippen LogP contribution in [-0.2, 0) is 25.1 Å². The van der Waals surface area contributed by atoms with E-state index >= 15 is 0 Å². The highest BCUT2D eigenvalue weighted by molar-refractivity contribution is 5.96. The smallest absolute Gasteiger partial charge is 0.416 e. The summed E-state index contributed by atoms with van der Waals surface area (Å²) in [7, 11) is 1.85. The second-order valence-corrected chi connectivity index (χ2v) is 6.83. The molecule has 0 aromatic heterocycles. The number of para-hydroxylation sites is 1. The van der Waals surface area contributed by atoms with Crippen LogP contribution in [0.25, 0.3) is 0 Å². The summed E-state index contributed by atoms with van der Waals surface area (Å²) < 4.78 is 60.0. The predicted octanol–water partition coefficient (Wildman–Crippen LogP) is 3.88. The normalized spacial score (nSPS) is 11.4. The van der Waals surface area contributed by atoms with E-state index in [1.807, 2.05) is 7.05 Å². The number of carbonyl (C=O) groups excluding carboxylic acids is 1. The van der Waals surface area contributed by atoms with Gasteiger partial charge < -0.3 is 29.6 Å². The van der Waals surface area contributed by atoms with Crippen molar-refractivity contribution in [2.75, 3.05) is 65.2 Å². The zero-order chi connectivity index (χ0) is 23.9. The van der Waals surface area contributed by atoms with Gasteiger partial charge in [-0.15, -0.1) is 0 Å². The van der Waals surface area contributed by atoms with Crippen LogP contribution in [0, 0.1) is 0 Å². The van der Waals surface area contributed by atoms with E-state index in [2.05, 4.69) is 10.6 Å². The number of rotatable bonds is 15. The molecule has 0 saturated heterocycles. The second kappa shape index (κ2) is 14.5. The van der Waals surface area contributed by atoms with Crippen molar-refractivity contribution in [1.82, 2.24) is 5.32 Å². The summed E-state index contributed by atoms with van der Waals surface area (Å²) in [5.74, 6) is -0.608. The van der Waals surface area contributed by atoms with Gasteiger partial charge in [-0.1, -0.05) is 18.2 Å². The Labute approximate surface area is 191 Å². The molecule has 7 nitrogen and oxygen atoms in total. The maximum Gasteiger partial charge on any atom is 0.416 e. The van der Waals surface area contributed by atoms with Gasteiger partial charge in [0.15, 0.2) is 0 Å². The Bertz CT molecular complexity index is 849. The molecular formula is C23H29F3N2O5. The lowest BCUT2D eigenvalue weighted by Gasteiger charge is -2.13. The Hall–Kier alpha value is -2.66. The molecule has 0 saturated carbocycles. The summed E-state index contributed by atoms with van der Waals surface area (Å²) in [6, 6.07) is 11.2. The van der Waals surface area contributed by atoms with Gasteiger partial charge in [-0.2, -0.15) is 13.2 Å². The van der Waals surface area contributed by atoms with Crippen molar-refractivity contribution >= 4 is 17.3 Å². The molecule has 10 heteroatoms. The third-order valence-corrected chi connectivity index (χ3v) is 4.32. The van der Waals surface area contributed by atoms with E-state index in [9.17, 15) is 18.0 Å². The highest BCUT2D eigenvalue weighted by Gasteiger charge is 2.30. The number of hydrogen-bond donors (Lipinski definition) is 2. The fourth-order valence-electron chi connectivity index (χ4n) is 2.69. The van der Waals surface area contributed by atoms with Crippen LogP contribution in [0.15, 0.2) is 48.5 Å². The van der Waals surface area contributed by atoms with Gasteiger partial charge in [0.25, 0.3) is 0 Å². The van der Waals surface area contributed by atoms with Gasteiger partial charge in [0.1, 0.15) is 6.61 Å². The molecule has 0 atom stereocenters. The summed E-state index contributed by atoms with van der Waals surface area (Å²) >= 11 is 0. The number of ether oxygens (including phenoxy) is 4. The first kappa shape index (κ1) is 26.6. The number of esters is 1. The SMILES string of the molecule is CNCCOCCOCCOCCOC(=O)c1ccccc1Nc1cccc(C(F)(F)F)c1. The lowest BCUT2D eigenvalue weighted by Crippen LogP contribution is -2.17. The molecule has 33 heavy (non-hydrogen) atoms. The molecule has 0 aliphatic heterocycles. The summed E-state index contributed by atoms with van der Waals surface area (Å²) in [5, 5.41) is 5.82. The number of nitrogens with one attached hydrogen (secondary N) is 2. The Kier molecular flexibility index (Phi) is 11.7. The summed E-state index contributed by atoms with van der Waals surface area (Å²) in [6.07, 6.45) is -4.46. The van der Waals surface area contributed by atoms with Gasteiger partial charge >= 0.3 is 12.1 Å². The van der Waals surface area contributed by atoms with Crippen molar-refractivity contribution in [3.63, 3.8) is 0 Å². The van der Waals surface area contributed by atoms with Gasteiger partial charge in [0.05, 0.1) is 56.5 Å². The lowest BCUT2D eigenvalue weighted by atomic mass is 10.1. The largest absolute Gasteiger partial charge is 0.460 e. The molecule has 2 aromatic rings. The summed E-state index contributed by atoms with van der Waals surface area (Å²) in [6.45, 7) is 3.36. The Balaban J connectivity index is 1.72. The van der Waals surface area contributed by atoms with Gasteiger partial charge in [-0.25, -0.2) is 4.79 Å². The molecule has 0 amide bonds. The lowest BCUT2D eigenvalue weighted by molar-refractivity contribution is -0.137. The molecule has 2 rings (SSSR count). The highest BCUT2D eigenvalue weighted by Crippen LogP contribution is 2.31. The van der Waals surface area contributed by atoms with Crippen LogP contribution in [-0.4, -0.2) is 65.8 Å². The average molecular weight is 470 g/mol. The quantitative estimate of drug-likeness (QED) is 0.302. The maximum atomic E-state index is 12.9. The van der Waals surface area contributed by atoms with E-state index in [0.717, 1.165) is 18.7 Å². The molecule has 2 aromatic carbocycles. The predicted molar refractivity (Wildman–Crippen MR) is 118 cm³/mol. The van der Waals surface area contributed by atoms with E-state index < -0.39 is 17.7 Å². The van der Waals surface area contributed by atoms with Crippen molar-refractivity contribution in [3.8, 4) is 0 Å². The van der Waals surface area contributed by atoms with Crippen LogP contribution in [0.2, 0.25) is 0 Å². The first-order valence-corrected chi connectivity index (χ1v) is 10.5. The molecule has 0 bridgehead atoms. The number of carbonyl (C=O) groups is 1. The van der Waals surface area contributed by atoms with E-state index in [0.29, 0.717) is 38.7 Å². The van der Waals surface area contributed by atoms with Gasteiger partial charge in [-0.05, 0) is 37.4 Å². The number of likely N-dealkylation sites (N-methyl/N-ethyl adjacent to an activating group) is 1. The van der Waals surface area contributed by atoms with Crippen molar-refractivity contribution in [2.45, 2.75) is 6.18 Å². The molecule has 0 aliphatic carbocycles. The van der Waals surface area contributed by atoms with Crippen LogP contribution in [0.4, 0.5) is 24.5 Å². The first-order chi connectivity index (χ1) is 15.9. The molecule has 182 valence electrons. The molecular weight excluding hydrogens is 441 g/mol. The second-order valence-electron chi connectivity index (χ2n) is 6.83. The van der Waals surface area contributed by atoms with Crippen molar-refractivity contribution in [1.29, 1.82) is 0 Å². The highest BCUT2D eigenvalue weighted by atomic mass is 19.4. The Morgan fingerprint density at radius 2 is 1.48 bits per heavy atom. The van der Waals surface area contributed by atoms with Crippen LogP contribution < -0.4 is 10.6 Å².